The summed E-state index contributed by atoms with van der Waals surface area (Å²) in [5.41, 5.74) is 8.58. The number of benzene rings is 1. The zero-order valence-electron chi connectivity index (χ0n) is 11.6. The maximum Gasteiger partial charge on any atom is 0.272 e. The van der Waals surface area contributed by atoms with Crippen LogP contribution in [-0.4, -0.2) is 32.4 Å². The van der Waals surface area contributed by atoms with Gasteiger partial charge in [-0.05, 0) is 30.7 Å². The molecule has 0 fully saturated rings. The Morgan fingerprint density at radius 2 is 2.33 bits per heavy atom. The van der Waals surface area contributed by atoms with Crippen LogP contribution in [0.5, 0.6) is 0 Å². The molecule has 2 heterocycles. The highest BCUT2D eigenvalue weighted by Crippen LogP contribution is 2.18. The molecule has 1 amide bonds. The molecule has 0 aliphatic heterocycles. The van der Waals surface area contributed by atoms with Crippen LogP contribution in [0.3, 0.4) is 0 Å². The number of aryl methyl sites for hydroxylation is 1. The molecule has 4 N–H and O–H groups in total. The zero-order chi connectivity index (χ0) is 14.8. The van der Waals surface area contributed by atoms with Crippen LogP contribution in [0.15, 0.2) is 30.6 Å². The molecule has 7 nitrogen and oxygen atoms in total. The number of fused-ring (bicyclic) bond motifs is 1. The Hall–Kier alpha value is -2.83. The fourth-order valence-corrected chi connectivity index (χ4v) is 2.16. The molecule has 21 heavy (non-hydrogen) atoms. The van der Waals surface area contributed by atoms with E-state index in [4.69, 9.17) is 5.73 Å². The van der Waals surface area contributed by atoms with Crippen molar-refractivity contribution in [3.8, 4) is 0 Å². The monoisotopic (exact) mass is 284 g/mol. The molecular formula is C14H16N6O. The SMILES string of the molecule is Cc1cnn(CCNC(=O)c2n[nH]c3ccc(N)cc23)c1. The Bertz CT molecular complexity index is 788. The average molecular weight is 284 g/mol. The first kappa shape index (κ1) is 13.2. The van der Waals surface area contributed by atoms with Crippen LogP contribution in [0.1, 0.15) is 16.1 Å². The predicted octanol–water partition coefficient (Wildman–Crippen LogP) is 1.08. The van der Waals surface area contributed by atoms with E-state index in [0.29, 0.717) is 24.5 Å². The summed E-state index contributed by atoms with van der Waals surface area (Å²) in [5.74, 6) is -0.226. The topological polar surface area (TPSA) is 102 Å². The molecule has 0 bridgehead atoms. The summed E-state index contributed by atoms with van der Waals surface area (Å²) in [5, 5.41) is 14.6. The first-order valence-corrected chi connectivity index (χ1v) is 6.64. The van der Waals surface area contributed by atoms with E-state index in [9.17, 15) is 4.79 Å². The van der Waals surface area contributed by atoms with E-state index in [0.717, 1.165) is 16.5 Å². The van der Waals surface area contributed by atoms with Crippen LogP contribution >= 0.6 is 0 Å². The van der Waals surface area contributed by atoms with Crippen molar-refractivity contribution >= 4 is 22.5 Å². The molecule has 0 radical (unpaired) electrons. The number of amides is 1. The van der Waals surface area contributed by atoms with Crippen molar-refractivity contribution in [2.75, 3.05) is 12.3 Å². The van der Waals surface area contributed by atoms with Gasteiger partial charge in [-0.2, -0.15) is 10.2 Å². The quantitative estimate of drug-likeness (QED) is 0.624. The van der Waals surface area contributed by atoms with E-state index in [1.807, 2.05) is 13.1 Å². The predicted molar refractivity (Wildman–Crippen MR) is 79.8 cm³/mol. The number of anilines is 1. The molecular weight excluding hydrogens is 268 g/mol. The average Bonchev–Trinajstić information content (AvgIpc) is 3.04. The summed E-state index contributed by atoms with van der Waals surface area (Å²) >= 11 is 0. The molecule has 3 rings (SSSR count). The van der Waals surface area contributed by atoms with Gasteiger partial charge in [0.2, 0.25) is 0 Å². The van der Waals surface area contributed by atoms with Gasteiger partial charge in [0.25, 0.3) is 5.91 Å². The van der Waals surface area contributed by atoms with Crippen molar-refractivity contribution in [1.29, 1.82) is 0 Å². The van der Waals surface area contributed by atoms with Crippen molar-refractivity contribution in [3.63, 3.8) is 0 Å². The van der Waals surface area contributed by atoms with Crippen molar-refractivity contribution in [3.05, 3.63) is 41.9 Å². The third kappa shape index (κ3) is 2.71. The van der Waals surface area contributed by atoms with Crippen LogP contribution in [0.4, 0.5) is 5.69 Å². The van der Waals surface area contributed by atoms with E-state index >= 15 is 0 Å². The number of carbonyl (C=O) groups excluding carboxylic acids is 1. The van der Waals surface area contributed by atoms with Gasteiger partial charge in [0.1, 0.15) is 0 Å². The third-order valence-electron chi connectivity index (χ3n) is 3.19. The Balaban J connectivity index is 1.68. The number of H-pyrrole nitrogens is 1. The fraction of sp³-hybridized carbons (Fsp3) is 0.214. The largest absolute Gasteiger partial charge is 0.399 e. The number of hydrogen-bond acceptors (Lipinski definition) is 4. The summed E-state index contributed by atoms with van der Waals surface area (Å²) in [4.78, 5) is 12.2. The molecule has 7 heteroatoms. The number of aromatic amines is 1. The summed E-state index contributed by atoms with van der Waals surface area (Å²) in [6.45, 7) is 3.07. The van der Waals surface area contributed by atoms with Crippen LogP contribution in [0.25, 0.3) is 10.9 Å². The van der Waals surface area contributed by atoms with Gasteiger partial charge >= 0.3 is 0 Å². The van der Waals surface area contributed by atoms with Crippen LogP contribution in [0, 0.1) is 6.92 Å². The lowest BCUT2D eigenvalue weighted by Gasteiger charge is -2.04. The number of nitrogens with one attached hydrogen (secondary N) is 2. The second-order valence-electron chi connectivity index (χ2n) is 4.91. The van der Waals surface area contributed by atoms with Gasteiger partial charge in [-0.25, -0.2) is 0 Å². The highest BCUT2D eigenvalue weighted by Gasteiger charge is 2.13. The van der Waals surface area contributed by atoms with Gasteiger partial charge < -0.3 is 11.1 Å². The molecule has 108 valence electrons. The number of rotatable bonds is 4. The molecule has 0 saturated carbocycles. The fourth-order valence-electron chi connectivity index (χ4n) is 2.16. The number of nitrogen functional groups attached to an aromatic ring is 1. The maximum atomic E-state index is 12.2. The van der Waals surface area contributed by atoms with E-state index < -0.39 is 0 Å². The maximum absolute atomic E-state index is 12.2. The Kier molecular flexibility index (Phi) is 3.31. The Labute approximate surface area is 121 Å². The first-order valence-electron chi connectivity index (χ1n) is 6.64. The minimum absolute atomic E-state index is 0.226. The smallest absolute Gasteiger partial charge is 0.272 e. The summed E-state index contributed by atoms with van der Waals surface area (Å²) in [6, 6.07) is 5.31. The van der Waals surface area contributed by atoms with E-state index in [2.05, 4.69) is 20.6 Å². The van der Waals surface area contributed by atoms with Crippen molar-refractivity contribution in [2.24, 2.45) is 0 Å². The minimum Gasteiger partial charge on any atom is -0.399 e. The second-order valence-corrected chi connectivity index (χ2v) is 4.91. The van der Waals surface area contributed by atoms with Crippen molar-refractivity contribution < 1.29 is 4.79 Å². The van der Waals surface area contributed by atoms with Crippen molar-refractivity contribution in [2.45, 2.75) is 13.5 Å². The third-order valence-corrected chi connectivity index (χ3v) is 3.19. The molecule has 0 saturated heterocycles. The molecule has 0 atom stereocenters. The molecule has 1 aromatic carbocycles. The lowest BCUT2D eigenvalue weighted by Crippen LogP contribution is -2.27. The van der Waals surface area contributed by atoms with Gasteiger partial charge in [-0.15, -0.1) is 0 Å². The number of hydrogen-bond donors (Lipinski definition) is 3. The summed E-state index contributed by atoms with van der Waals surface area (Å²) in [6.07, 6.45) is 3.71. The normalized spacial score (nSPS) is 10.9. The standard InChI is InChI=1S/C14H16N6O/c1-9-7-17-20(8-9)5-4-16-14(21)13-11-6-10(15)2-3-12(11)18-19-13/h2-3,6-8H,4-5,15H2,1H3,(H,16,21)(H,18,19). The summed E-state index contributed by atoms with van der Waals surface area (Å²) < 4.78 is 1.79. The minimum atomic E-state index is -0.226. The van der Waals surface area contributed by atoms with Gasteiger partial charge in [-0.3, -0.25) is 14.6 Å². The molecule has 0 aliphatic carbocycles. The van der Waals surface area contributed by atoms with E-state index in [1.54, 1.807) is 29.1 Å². The number of nitrogens with two attached hydrogens (primary N) is 1. The van der Waals surface area contributed by atoms with Gasteiger partial charge in [-0.1, -0.05) is 0 Å². The Morgan fingerprint density at radius 1 is 1.48 bits per heavy atom. The van der Waals surface area contributed by atoms with Gasteiger partial charge in [0.15, 0.2) is 5.69 Å². The lowest BCUT2D eigenvalue weighted by molar-refractivity contribution is 0.0948. The number of carbonyl (C=O) groups is 1. The van der Waals surface area contributed by atoms with Gasteiger partial charge in [0.05, 0.1) is 18.3 Å². The highest BCUT2D eigenvalue weighted by atomic mass is 16.1. The molecule has 3 aromatic rings. The second kappa shape index (κ2) is 5.28. The number of aromatic nitrogens is 4. The Morgan fingerprint density at radius 3 is 3.10 bits per heavy atom. The van der Waals surface area contributed by atoms with E-state index in [1.165, 1.54) is 0 Å². The van der Waals surface area contributed by atoms with Crippen LogP contribution in [-0.2, 0) is 6.54 Å². The first-order chi connectivity index (χ1) is 10.1. The molecule has 2 aromatic heterocycles. The molecule has 0 aliphatic rings. The van der Waals surface area contributed by atoms with E-state index in [-0.39, 0.29) is 5.91 Å². The number of nitrogens with zero attached hydrogens (tertiary/aromatic N) is 3. The van der Waals surface area contributed by atoms with Crippen molar-refractivity contribution in [1.82, 2.24) is 25.3 Å². The molecule has 0 unspecified atom stereocenters. The lowest BCUT2D eigenvalue weighted by atomic mass is 10.2. The van der Waals surface area contributed by atoms with Gasteiger partial charge in [0, 0.05) is 23.8 Å². The highest BCUT2D eigenvalue weighted by molar-refractivity contribution is 6.05. The van der Waals surface area contributed by atoms with Crippen LogP contribution < -0.4 is 11.1 Å². The van der Waals surface area contributed by atoms with Crippen LogP contribution in [0.2, 0.25) is 0 Å². The zero-order valence-corrected chi connectivity index (χ0v) is 11.6. The summed E-state index contributed by atoms with van der Waals surface area (Å²) in [7, 11) is 0. The molecule has 0 spiro atoms.